The molecule has 1 aromatic carbocycles. The fraction of sp³-hybridized carbons (Fsp3) is 0.214. The van der Waals surface area contributed by atoms with Crippen LogP contribution < -0.4 is 5.56 Å². The Kier molecular flexibility index (Phi) is 3.63. The van der Waals surface area contributed by atoms with Gasteiger partial charge < -0.3 is 4.98 Å². The number of aromatic nitrogens is 4. The molecule has 23 heavy (non-hydrogen) atoms. The van der Waals surface area contributed by atoms with Crippen LogP contribution in [0.2, 0.25) is 5.28 Å². The van der Waals surface area contributed by atoms with Gasteiger partial charge in [0.1, 0.15) is 5.82 Å². The van der Waals surface area contributed by atoms with Crippen LogP contribution in [0.15, 0.2) is 29.1 Å². The summed E-state index contributed by atoms with van der Waals surface area (Å²) in [5.41, 5.74) is -0.0712. The Morgan fingerprint density at radius 3 is 2.48 bits per heavy atom. The van der Waals surface area contributed by atoms with Crippen molar-refractivity contribution in [2.24, 2.45) is 7.05 Å². The molecule has 0 aliphatic rings. The fourth-order valence-electron chi connectivity index (χ4n) is 2.14. The van der Waals surface area contributed by atoms with E-state index in [1.54, 1.807) is 0 Å². The molecule has 0 fully saturated rings. The zero-order valence-corrected chi connectivity index (χ0v) is 12.5. The van der Waals surface area contributed by atoms with Gasteiger partial charge in [0.2, 0.25) is 5.28 Å². The molecule has 5 nitrogen and oxygen atoms in total. The van der Waals surface area contributed by atoms with E-state index in [9.17, 15) is 18.0 Å². The highest BCUT2D eigenvalue weighted by Gasteiger charge is 2.29. The Labute approximate surface area is 132 Å². The summed E-state index contributed by atoms with van der Waals surface area (Å²) in [6.45, 7) is 0. The quantitative estimate of drug-likeness (QED) is 0.728. The second-order valence-electron chi connectivity index (χ2n) is 5.00. The van der Waals surface area contributed by atoms with E-state index in [4.69, 9.17) is 11.6 Å². The Morgan fingerprint density at radius 1 is 1.22 bits per heavy atom. The number of hydrogen-bond donors (Lipinski definition) is 1. The van der Waals surface area contributed by atoms with Crippen molar-refractivity contribution in [3.8, 4) is 0 Å². The van der Waals surface area contributed by atoms with Gasteiger partial charge in [-0.15, -0.1) is 0 Å². The molecule has 0 atom stereocenters. The highest BCUT2D eigenvalue weighted by Crippen LogP contribution is 2.29. The van der Waals surface area contributed by atoms with E-state index in [0.717, 1.165) is 12.1 Å². The zero-order valence-electron chi connectivity index (χ0n) is 11.8. The van der Waals surface area contributed by atoms with Crippen molar-refractivity contribution in [3.05, 3.63) is 56.9 Å². The van der Waals surface area contributed by atoms with E-state index in [2.05, 4.69) is 15.0 Å². The lowest BCUT2D eigenvalue weighted by Gasteiger charge is -2.06. The standard InChI is InChI=1S/C14H10ClF3N4O/c1-22-12(23)10-11(21-13(22)15)20-9(19-10)6-7-2-4-8(5-3-7)14(16,17)18/h2-5H,6H2,1H3,(H,19,20). The Morgan fingerprint density at radius 2 is 1.87 bits per heavy atom. The summed E-state index contributed by atoms with van der Waals surface area (Å²) in [6, 6.07) is 4.75. The van der Waals surface area contributed by atoms with Crippen molar-refractivity contribution in [2.75, 3.05) is 0 Å². The number of imidazole rings is 1. The third-order valence-electron chi connectivity index (χ3n) is 3.38. The number of benzene rings is 1. The number of alkyl halides is 3. The van der Waals surface area contributed by atoms with Gasteiger partial charge in [-0.3, -0.25) is 9.36 Å². The van der Waals surface area contributed by atoms with E-state index < -0.39 is 11.7 Å². The van der Waals surface area contributed by atoms with Crippen molar-refractivity contribution in [1.82, 2.24) is 19.5 Å². The SMILES string of the molecule is Cn1c(Cl)nc2nc(Cc3ccc(C(F)(F)F)cc3)[nH]c2c1=O. The average molecular weight is 343 g/mol. The van der Waals surface area contributed by atoms with Gasteiger partial charge in [0, 0.05) is 13.5 Å². The first-order valence-corrected chi connectivity index (χ1v) is 6.91. The lowest BCUT2D eigenvalue weighted by molar-refractivity contribution is -0.137. The highest BCUT2D eigenvalue weighted by atomic mass is 35.5. The van der Waals surface area contributed by atoms with Crippen molar-refractivity contribution >= 4 is 22.8 Å². The Bertz CT molecular complexity index is 928. The number of aromatic amines is 1. The molecule has 120 valence electrons. The summed E-state index contributed by atoms with van der Waals surface area (Å²) in [5.74, 6) is 0.423. The molecule has 0 radical (unpaired) electrons. The molecular formula is C14H10ClF3N4O. The summed E-state index contributed by atoms with van der Waals surface area (Å²) >= 11 is 5.81. The van der Waals surface area contributed by atoms with E-state index in [1.807, 2.05) is 0 Å². The lowest BCUT2D eigenvalue weighted by atomic mass is 10.1. The number of nitrogens with zero attached hydrogens (tertiary/aromatic N) is 3. The second-order valence-corrected chi connectivity index (χ2v) is 5.34. The third-order valence-corrected chi connectivity index (χ3v) is 3.72. The summed E-state index contributed by atoms with van der Waals surface area (Å²) < 4.78 is 38.8. The molecule has 3 aromatic rings. The number of nitrogens with one attached hydrogen (secondary N) is 1. The number of fused-ring (bicyclic) bond motifs is 1. The maximum Gasteiger partial charge on any atom is 0.416 e. The molecule has 2 heterocycles. The Balaban J connectivity index is 1.93. The molecule has 0 unspecified atom stereocenters. The molecule has 0 amide bonds. The van der Waals surface area contributed by atoms with Crippen LogP contribution >= 0.6 is 11.6 Å². The molecule has 0 aliphatic heterocycles. The van der Waals surface area contributed by atoms with Gasteiger partial charge in [0.05, 0.1) is 5.56 Å². The van der Waals surface area contributed by atoms with Crippen molar-refractivity contribution in [3.63, 3.8) is 0 Å². The summed E-state index contributed by atoms with van der Waals surface area (Å²) in [5, 5.41) is 0.00933. The summed E-state index contributed by atoms with van der Waals surface area (Å²) in [7, 11) is 1.48. The first-order chi connectivity index (χ1) is 10.8. The zero-order chi connectivity index (χ0) is 16.8. The van der Waals surface area contributed by atoms with E-state index in [1.165, 1.54) is 23.7 Å². The largest absolute Gasteiger partial charge is 0.416 e. The number of halogens is 4. The molecule has 0 spiro atoms. The van der Waals surface area contributed by atoms with Crippen molar-refractivity contribution in [2.45, 2.75) is 12.6 Å². The smallest absolute Gasteiger partial charge is 0.336 e. The second kappa shape index (κ2) is 5.38. The molecule has 0 saturated heterocycles. The number of H-pyrrole nitrogens is 1. The Hall–Kier alpha value is -2.35. The van der Waals surface area contributed by atoms with Crippen molar-refractivity contribution < 1.29 is 13.2 Å². The predicted molar refractivity (Wildman–Crippen MR) is 78.4 cm³/mol. The molecule has 0 aliphatic carbocycles. The molecule has 0 bridgehead atoms. The molecule has 1 N–H and O–H groups in total. The van der Waals surface area contributed by atoms with Gasteiger partial charge in [-0.05, 0) is 29.3 Å². The van der Waals surface area contributed by atoms with Gasteiger partial charge in [-0.2, -0.15) is 18.2 Å². The van der Waals surface area contributed by atoms with Crippen LogP contribution in [0.5, 0.6) is 0 Å². The predicted octanol–water partition coefficient (Wildman–Crippen LogP) is 2.92. The van der Waals surface area contributed by atoms with E-state index >= 15 is 0 Å². The third kappa shape index (κ3) is 2.94. The van der Waals surface area contributed by atoms with Crippen molar-refractivity contribution in [1.29, 1.82) is 0 Å². The van der Waals surface area contributed by atoms with Gasteiger partial charge in [0.25, 0.3) is 5.56 Å². The van der Waals surface area contributed by atoms with Crippen LogP contribution in [0.1, 0.15) is 17.0 Å². The average Bonchev–Trinajstić information content (AvgIpc) is 2.87. The van der Waals surface area contributed by atoms with Crippen LogP contribution in [-0.4, -0.2) is 19.5 Å². The molecule has 3 rings (SSSR count). The number of hydrogen-bond acceptors (Lipinski definition) is 3. The van der Waals surface area contributed by atoms with Crippen LogP contribution in [0.25, 0.3) is 11.2 Å². The topological polar surface area (TPSA) is 63.6 Å². The summed E-state index contributed by atoms with van der Waals surface area (Å²) in [4.78, 5) is 23.0. The van der Waals surface area contributed by atoms with Crippen LogP contribution in [0, 0.1) is 0 Å². The normalized spacial score (nSPS) is 12.0. The lowest BCUT2D eigenvalue weighted by Crippen LogP contribution is -2.18. The van der Waals surface area contributed by atoms with Gasteiger partial charge in [-0.25, -0.2) is 4.98 Å². The van der Waals surface area contributed by atoms with E-state index in [-0.39, 0.29) is 28.4 Å². The van der Waals surface area contributed by atoms with Crippen LogP contribution in [-0.2, 0) is 19.6 Å². The maximum absolute atomic E-state index is 12.5. The fourth-order valence-corrected chi connectivity index (χ4v) is 2.30. The minimum atomic E-state index is -4.37. The van der Waals surface area contributed by atoms with E-state index in [0.29, 0.717) is 11.4 Å². The molecular weight excluding hydrogens is 333 g/mol. The first-order valence-electron chi connectivity index (χ1n) is 6.53. The first kappa shape index (κ1) is 15.5. The number of rotatable bonds is 2. The molecule has 0 saturated carbocycles. The van der Waals surface area contributed by atoms with Gasteiger partial charge >= 0.3 is 6.18 Å². The highest BCUT2D eigenvalue weighted by molar-refractivity contribution is 6.28. The molecule has 9 heteroatoms. The minimum Gasteiger partial charge on any atom is -0.336 e. The monoisotopic (exact) mass is 342 g/mol. The minimum absolute atomic E-state index is 0.00933. The van der Waals surface area contributed by atoms with Gasteiger partial charge in [-0.1, -0.05) is 12.1 Å². The molecule has 2 aromatic heterocycles. The van der Waals surface area contributed by atoms with Crippen LogP contribution in [0.3, 0.4) is 0 Å². The van der Waals surface area contributed by atoms with Crippen LogP contribution in [0.4, 0.5) is 13.2 Å². The van der Waals surface area contributed by atoms with Gasteiger partial charge in [0.15, 0.2) is 11.2 Å². The summed E-state index contributed by atoms with van der Waals surface area (Å²) in [6.07, 6.45) is -4.12. The maximum atomic E-state index is 12.5.